The average Bonchev–Trinajstić information content (AvgIpc) is 2.47. The second-order valence-electron chi connectivity index (χ2n) is 4.39. The van der Waals surface area contributed by atoms with Crippen molar-refractivity contribution in [2.75, 3.05) is 34.0 Å². The molecule has 0 spiro atoms. The average molecular weight is 282 g/mol. The van der Waals surface area contributed by atoms with Crippen LogP contribution < -0.4 is 9.47 Å². The van der Waals surface area contributed by atoms with E-state index >= 15 is 0 Å². The molecule has 1 aromatic heterocycles. The van der Waals surface area contributed by atoms with E-state index in [9.17, 15) is 9.90 Å². The Morgan fingerprint density at radius 2 is 2.35 bits per heavy atom. The number of hydrogen-bond acceptors (Lipinski definition) is 6. The normalized spacial score (nSPS) is 19.6. The summed E-state index contributed by atoms with van der Waals surface area (Å²) in [6.07, 6.45) is 1.62. The second-order valence-corrected chi connectivity index (χ2v) is 4.39. The summed E-state index contributed by atoms with van der Waals surface area (Å²) in [5.74, 6) is 0.217. The number of nitrogens with zero attached hydrogens (tertiary/aromatic N) is 2. The van der Waals surface area contributed by atoms with Crippen molar-refractivity contribution in [3.63, 3.8) is 0 Å². The Morgan fingerprint density at radius 1 is 1.55 bits per heavy atom. The first kappa shape index (κ1) is 14.5. The number of carboxylic acids is 1. The van der Waals surface area contributed by atoms with E-state index in [0.717, 1.165) is 0 Å². The number of pyridine rings is 1. The third kappa shape index (κ3) is 3.00. The van der Waals surface area contributed by atoms with Gasteiger partial charge in [0, 0.05) is 25.4 Å². The molecule has 2 heterocycles. The highest BCUT2D eigenvalue weighted by Gasteiger charge is 2.30. The summed E-state index contributed by atoms with van der Waals surface area (Å²) in [4.78, 5) is 17.3. The molecule has 2 rings (SSSR count). The van der Waals surface area contributed by atoms with Crippen molar-refractivity contribution in [2.45, 2.75) is 12.6 Å². The quantitative estimate of drug-likeness (QED) is 0.836. The highest BCUT2D eigenvalue weighted by molar-refractivity contribution is 5.73. The fraction of sp³-hybridized carbons (Fsp3) is 0.538. The zero-order valence-corrected chi connectivity index (χ0v) is 11.5. The lowest BCUT2D eigenvalue weighted by Gasteiger charge is -2.32. The van der Waals surface area contributed by atoms with Crippen LogP contribution in [0.15, 0.2) is 12.3 Å². The van der Waals surface area contributed by atoms with Crippen molar-refractivity contribution in [2.24, 2.45) is 0 Å². The van der Waals surface area contributed by atoms with E-state index in [-0.39, 0.29) is 6.61 Å². The Hall–Kier alpha value is -1.86. The number of carboxylic acid groups (broad SMARTS) is 1. The SMILES string of the molecule is COc1ccnc(CN2CCOCC2C(=O)O)c1OC. The fourth-order valence-electron chi connectivity index (χ4n) is 2.21. The van der Waals surface area contributed by atoms with Crippen LogP contribution in [0.5, 0.6) is 11.5 Å². The van der Waals surface area contributed by atoms with Gasteiger partial charge in [0.15, 0.2) is 11.5 Å². The Balaban J connectivity index is 2.22. The largest absolute Gasteiger partial charge is 0.493 e. The van der Waals surface area contributed by atoms with Crippen LogP contribution >= 0.6 is 0 Å². The Morgan fingerprint density at radius 3 is 3.00 bits per heavy atom. The minimum absolute atomic E-state index is 0.182. The summed E-state index contributed by atoms with van der Waals surface area (Å²) >= 11 is 0. The number of rotatable bonds is 5. The molecule has 1 aliphatic heterocycles. The number of carbonyl (C=O) groups is 1. The maximum Gasteiger partial charge on any atom is 0.323 e. The van der Waals surface area contributed by atoms with E-state index in [1.54, 1.807) is 19.4 Å². The predicted octanol–water partition coefficient (Wildman–Crippen LogP) is 0.384. The molecule has 1 aromatic rings. The van der Waals surface area contributed by atoms with Gasteiger partial charge >= 0.3 is 5.97 Å². The maximum atomic E-state index is 11.2. The van der Waals surface area contributed by atoms with Gasteiger partial charge in [0.25, 0.3) is 0 Å². The van der Waals surface area contributed by atoms with Gasteiger partial charge in [-0.05, 0) is 0 Å². The molecule has 7 nitrogen and oxygen atoms in total. The number of ether oxygens (including phenoxy) is 3. The molecule has 0 bridgehead atoms. The van der Waals surface area contributed by atoms with Gasteiger partial charge in [-0.15, -0.1) is 0 Å². The van der Waals surface area contributed by atoms with Crippen LogP contribution in [0.1, 0.15) is 5.69 Å². The molecular formula is C13H18N2O5. The molecule has 0 aliphatic carbocycles. The number of hydrogen-bond donors (Lipinski definition) is 1. The summed E-state index contributed by atoms with van der Waals surface area (Å²) in [6.45, 7) is 1.61. The lowest BCUT2D eigenvalue weighted by molar-refractivity contribution is -0.150. The topological polar surface area (TPSA) is 81.1 Å². The maximum absolute atomic E-state index is 11.2. The van der Waals surface area contributed by atoms with Gasteiger partial charge in [0.05, 0.1) is 27.4 Å². The van der Waals surface area contributed by atoms with Crippen molar-refractivity contribution < 1.29 is 24.1 Å². The van der Waals surface area contributed by atoms with Gasteiger partial charge in [-0.1, -0.05) is 0 Å². The van der Waals surface area contributed by atoms with Crippen LogP contribution in [0.2, 0.25) is 0 Å². The molecular weight excluding hydrogens is 264 g/mol. The smallest absolute Gasteiger partial charge is 0.323 e. The molecule has 1 aliphatic rings. The summed E-state index contributed by atoms with van der Waals surface area (Å²) in [5.41, 5.74) is 0.653. The van der Waals surface area contributed by atoms with Gasteiger partial charge in [0.2, 0.25) is 0 Å². The zero-order valence-electron chi connectivity index (χ0n) is 11.5. The first-order valence-corrected chi connectivity index (χ1v) is 6.27. The Bertz CT molecular complexity index is 480. The summed E-state index contributed by atoms with van der Waals surface area (Å²) in [5, 5.41) is 9.22. The Kier molecular flexibility index (Phi) is 4.75. The highest BCUT2D eigenvalue weighted by Crippen LogP contribution is 2.30. The van der Waals surface area contributed by atoms with Crippen LogP contribution in [0.3, 0.4) is 0 Å². The molecule has 0 aromatic carbocycles. The second kappa shape index (κ2) is 6.53. The molecule has 0 saturated carbocycles. The van der Waals surface area contributed by atoms with E-state index in [2.05, 4.69) is 4.98 Å². The molecule has 20 heavy (non-hydrogen) atoms. The molecule has 0 radical (unpaired) electrons. The minimum atomic E-state index is -0.897. The number of methoxy groups -OCH3 is 2. The van der Waals surface area contributed by atoms with E-state index in [4.69, 9.17) is 14.2 Å². The molecule has 7 heteroatoms. The van der Waals surface area contributed by atoms with Gasteiger partial charge < -0.3 is 19.3 Å². The number of morpholine rings is 1. The zero-order chi connectivity index (χ0) is 14.5. The Labute approximate surface area is 117 Å². The van der Waals surface area contributed by atoms with E-state index in [0.29, 0.717) is 36.9 Å². The highest BCUT2D eigenvalue weighted by atomic mass is 16.5. The van der Waals surface area contributed by atoms with Crippen LogP contribution in [0.4, 0.5) is 0 Å². The number of aliphatic carboxylic acids is 1. The van der Waals surface area contributed by atoms with Gasteiger partial charge in [-0.25, -0.2) is 0 Å². The van der Waals surface area contributed by atoms with Crippen molar-refractivity contribution >= 4 is 5.97 Å². The van der Waals surface area contributed by atoms with Crippen LogP contribution in [-0.4, -0.2) is 61.0 Å². The van der Waals surface area contributed by atoms with E-state index < -0.39 is 12.0 Å². The lowest BCUT2D eigenvalue weighted by Crippen LogP contribution is -2.49. The standard InChI is InChI=1S/C13H18N2O5/c1-18-11-3-4-14-9(12(11)19-2)7-15-5-6-20-8-10(15)13(16)17/h3-4,10H,5-8H2,1-2H3,(H,16,17). The summed E-state index contributed by atoms with van der Waals surface area (Å²) in [6, 6.07) is 1.04. The van der Waals surface area contributed by atoms with Gasteiger partial charge in [-0.3, -0.25) is 14.7 Å². The van der Waals surface area contributed by atoms with Crippen molar-refractivity contribution in [3.8, 4) is 11.5 Å². The van der Waals surface area contributed by atoms with Crippen molar-refractivity contribution in [3.05, 3.63) is 18.0 Å². The van der Waals surface area contributed by atoms with Gasteiger partial charge in [-0.2, -0.15) is 0 Å². The number of aromatic nitrogens is 1. The first-order valence-electron chi connectivity index (χ1n) is 6.27. The minimum Gasteiger partial charge on any atom is -0.493 e. The molecule has 1 fully saturated rings. The predicted molar refractivity (Wildman–Crippen MR) is 70.0 cm³/mol. The van der Waals surface area contributed by atoms with E-state index in [1.807, 2.05) is 4.90 Å². The monoisotopic (exact) mass is 282 g/mol. The van der Waals surface area contributed by atoms with Crippen LogP contribution in [-0.2, 0) is 16.1 Å². The fourth-order valence-corrected chi connectivity index (χ4v) is 2.21. The molecule has 110 valence electrons. The van der Waals surface area contributed by atoms with Crippen LogP contribution in [0, 0.1) is 0 Å². The molecule has 1 N–H and O–H groups in total. The van der Waals surface area contributed by atoms with Crippen LogP contribution in [0.25, 0.3) is 0 Å². The molecule has 1 saturated heterocycles. The first-order chi connectivity index (χ1) is 9.67. The van der Waals surface area contributed by atoms with Crippen molar-refractivity contribution in [1.29, 1.82) is 0 Å². The third-order valence-electron chi connectivity index (χ3n) is 3.24. The molecule has 1 atom stereocenters. The van der Waals surface area contributed by atoms with Crippen molar-refractivity contribution in [1.82, 2.24) is 9.88 Å². The van der Waals surface area contributed by atoms with Gasteiger partial charge in [0.1, 0.15) is 11.7 Å². The third-order valence-corrected chi connectivity index (χ3v) is 3.24. The lowest BCUT2D eigenvalue weighted by atomic mass is 10.2. The summed E-state index contributed by atoms with van der Waals surface area (Å²) in [7, 11) is 3.09. The molecule has 0 amide bonds. The molecule has 1 unspecified atom stereocenters. The van der Waals surface area contributed by atoms with E-state index in [1.165, 1.54) is 7.11 Å². The summed E-state index contributed by atoms with van der Waals surface area (Å²) < 4.78 is 15.7.